The molecule has 0 saturated carbocycles. The van der Waals surface area contributed by atoms with Crippen molar-refractivity contribution in [2.24, 2.45) is 7.05 Å². The quantitative estimate of drug-likeness (QED) is 0.244. The molecule has 4 aromatic rings. The first-order valence-corrected chi connectivity index (χ1v) is 12.6. The van der Waals surface area contributed by atoms with Crippen molar-refractivity contribution in [3.8, 4) is 11.3 Å². The van der Waals surface area contributed by atoms with Gasteiger partial charge in [0, 0.05) is 49.1 Å². The average Bonchev–Trinajstić information content (AvgIpc) is 2.89. The lowest BCUT2D eigenvalue weighted by atomic mass is 10.0. The van der Waals surface area contributed by atoms with Crippen LogP contribution >= 0.6 is 12.1 Å². The molecule has 194 valence electrons. The van der Waals surface area contributed by atoms with Crippen molar-refractivity contribution in [1.82, 2.24) is 19.1 Å². The lowest BCUT2D eigenvalue weighted by Gasteiger charge is -2.19. The summed E-state index contributed by atoms with van der Waals surface area (Å²) >= 11 is 1.29. The molecule has 0 unspecified atom stereocenters. The molecule has 0 aliphatic carbocycles. The largest absolute Gasteiger partial charge is 0.396 e. The van der Waals surface area contributed by atoms with E-state index < -0.39 is 11.4 Å². The van der Waals surface area contributed by atoms with Crippen LogP contribution in [0.3, 0.4) is 0 Å². The molecule has 4 N–H and O–H groups in total. The van der Waals surface area contributed by atoms with E-state index in [-0.39, 0.29) is 41.0 Å². The molecule has 0 amide bonds. The van der Waals surface area contributed by atoms with Gasteiger partial charge in [0.05, 0.1) is 22.3 Å². The van der Waals surface area contributed by atoms with Crippen LogP contribution in [0.15, 0.2) is 52.1 Å². The van der Waals surface area contributed by atoms with Crippen LogP contribution in [-0.4, -0.2) is 33.1 Å². The smallest absolute Gasteiger partial charge is 0.278 e. The summed E-state index contributed by atoms with van der Waals surface area (Å²) in [5.74, 6) is -0.496. The molecule has 2 aromatic carbocycles. The Morgan fingerprint density at radius 2 is 1.89 bits per heavy atom. The zero-order valence-electron chi connectivity index (χ0n) is 21.1. The molecule has 0 spiro atoms. The summed E-state index contributed by atoms with van der Waals surface area (Å²) in [5, 5.41) is 17.3. The van der Waals surface area contributed by atoms with E-state index in [1.807, 2.05) is 24.3 Å². The van der Waals surface area contributed by atoms with Crippen molar-refractivity contribution in [3.05, 3.63) is 80.1 Å². The number of anilines is 3. The predicted molar refractivity (Wildman–Crippen MR) is 148 cm³/mol. The minimum absolute atomic E-state index is 0.117. The van der Waals surface area contributed by atoms with E-state index in [0.717, 1.165) is 11.3 Å². The molecule has 2 aromatic heterocycles. The summed E-state index contributed by atoms with van der Waals surface area (Å²) in [6.07, 6.45) is 0.318. The topological polar surface area (TPSA) is 113 Å². The zero-order valence-corrected chi connectivity index (χ0v) is 21.9. The first kappa shape index (κ1) is 26.4. The number of rotatable bonds is 9. The van der Waals surface area contributed by atoms with Crippen LogP contribution in [0.2, 0.25) is 0 Å². The first-order chi connectivity index (χ1) is 17.8. The van der Waals surface area contributed by atoms with E-state index >= 15 is 0 Å². The summed E-state index contributed by atoms with van der Waals surface area (Å²) in [5.41, 5.74) is 2.83. The number of aliphatic hydroxyl groups excluding tert-OH is 1. The number of nitrogens with one attached hydrogen (secondary N) is 3. The summed E-state index contributed by atoms with van der Waals surface area (Å²) < 4.78 is 23.6. The number of hydrogen-bond donors (Lipinski definition) is 4. The fraction of sp³-hybridized carbons (Fsp3) is 0.269. The lowest BCUT2D eigenvalue weighted by molar-refractivity contribution is 0.276. The summed E-state index contributed by atoms with van der Waals surface area (Å²) in [6.45, 7) is 3.44. The number of aromatic nitrogens is 3. The number of halogens is 1. The molecular formula is C26H29FN6O3S. The van der Waals surface area contributed by atoms with Crippen molar-refractivity contribution in [2.75, 3.05) is 23.7 Å². The van der Waals surface area contributed by atoms with Gasteiger partial charge < -0.3 is 19.7 Å². The molecule has 11 heteroatoms. The van der Waals surface area contributed by atoms with E-state index in [2.05, 4.69) is 19.9 Å². The van der Waals surface area contributed by atoms with Crippen molar-refractivity contribution >= 4 is 40.1 Å². The van der Waals surface area contributed by atoms with E-state index in [0.29, 0.717) is 23.2 Å². The van der Waals surface area contributed by atoms with Crippen molar-refractivity contribution in [1.29, 1.82) is 0 Å². The van der Waals surface area contributed by atoms with Gasteiger partial charge in [-0.15, -0.1) is 0 Å². The molecule has 2 heterocycles. The molecule has 0 fully saturated rings. The molecule has 37 heavy (non-hydrogen) atoms. The van der Waals surface area contributed by atoms with Crippen LogP contribution in [0, 0.1) is 19.7 Å². The molecule has 4 rings (SSSR count). The first-order valence-electron chi connectivity index (χ1n) is 11.7. The monoisotopic (exact) mass is 524 g/mol. The minimum Gasteiger partial charge on any atom is -0.396 e. The van der Waals surface area contributed by atoms with Crippen LogP contribution < -0.4 is 25.9 Å². The normalized spacial score (nSPS) is 11.2. The van der Waals surface area contributed by atoms with Crippen LogP contribution in [0.5, 0.6) is 0 Å². The molecule has 0 saturated heterocycles. The Bertz CT molecular complexity index is 1580. The van der Waals surface area contributed by atoms with Gasteiger partial charge in [0.15, 0.2) is 0 Å². The summed E-state index contributed by atoms with van der Waals surface area (Å²) in [7, 11) is 3.38. The zero-order chi connectivity index (χ0) is 26.7. The Balaban J connectivity index is 2.06. The number of aliphatic hydroxyl groups is 1. The molecule has 0 aliphatic rings. The number of aryl methyl sites for hydroxylation is 3. The molecule has 0 atom stereocenters. The molecule has 9 nitrogen and oxygen atoms in total. The highest BCUT2D eigenvalue weighted by Crippen LogP contribution is 2.32. The van der Waals surface area contributed by atoms with Crippen molar-refractivity contribution < 1.29 is 9.50 Å². The molecule has 0 radical (unpaired) electrons. The third kappa shape index (κ3) is 5.24. The Hall–Kier alpha value is -3.67. The van der Waals surface area contributed by atoms with Gasteiger partial charge in [-0.3, -0.25) is 9.59 Å². The summed E-state index contributed by atoms with van der Waals surface area (Å²) in [6, 6.07) is 12.1. The SMILES string of the molecule is CNSNc1cccc(-c2nn(CCCO)c(=O)c3c(Nc4ccc(C)cc4F)c(C)c(=O)n(C)c23)c1. The number of fused-ring (bicyclic) bond motifs is 1. The van der Waals surface area contributed by atoms with Crippen LogP contribution in [0.4, 0.5) is 21.5 Å². The maximum Gasteiger partial charge on any atom is 0.278 e. The van der Waals surface area contributed by atoms with Gasteiger partial charge in [-0.05, 0) is 57.1 Å². The standard InChI is InChI=1S/C26H29FN6O3S/c1-15-9-10-20(19(27)13-15)29-22-16(2)25(35)32(4)24-21(22)26(36)33(11-6-12-34)30-23(24)17-7-5-8-18(14-17)31-37-28-3/h5,7-10,13-14,28-29,31,34H,6,11-12H2,1-4H3. The highest BCUT2D eigenvalue weighted by Gasteiger charge is 2.23. The predicted octanol–water partition coefficient (Wildman–Crippen LogP) is 3.84. The fourth-order valence-electron chi connectivity index (χ4n) is 4.18. The van der Waals surface area contributed by atoms with Gasteiger partial charge in [0.2, 0.25) is 0 Å². The maximum atomic E-state index is 14.8. The third-order valence-electron chi connectivity index (χ3n) is 6.04. The van der Waals surface area contributed by atoms with Crippen molar-refractivity contribution in [3.63, 3.8) is 0 Å². The summed E-state index contributed by atoms with van der Waals surface area (Å²) in [4.78, 5) is 27.1. The van der Waals surface area contributed by atoms with Crippen molar-refractivity contribution in [2.45, 2.75) is 26.8 Å². The van der Waals surface area contributed by atoms with E-state index in [4.69, 9.17) is 0 Å². The second kappa shape index (κ2) is 11.2. The average molecular weight is 525 g/mol. The Morgan fingerprint density at radius 1 is 1.11 bits per heavy atom. The second-order valence-electron chi connectivity index (χ2n) is 8.64. The Morgan fingerprint density at radius 3 is 2.59 bits per heavy atom. The van der Waals surface area contributed by atoms with Gasteiger partial charge >= 0.3 is 0 Å². The Kier molecular flexibility index (Phi) is 7.96. The number of nitrogens with zero attached hydrogens (tertiary/aromatic N) is 3. The second-order valence-corrected chi connectivity index (χ2v) is 9.46. The van der Waals surface area contributed by atoms with Gasteiger partial charge in [0.1, 0.15) is 11.5 Å². The van der Waals surface area contributed by atoms with E-state index in [1.54, 1.807) is 40.1 Å². The fourth-order valence-corrected chi connectivity index (χ4v) is 4.53. The van der Waals surface area contributed by atoms with E-state index in [9.17, 15) is 19.1 Å². The lowest BCUT2D eigenvalue weighted by Crippen LogP contribution is -2.30. The Labute approximate surface area is 217 Å². The highest BCUT2D eigenvalue weighted by molar-refractivity contribution is 7.98. The molecule has 0 bridgehead atoms. The molecule has 0 aliphatic heterocycles. The van der Waals surface area contributed by atoms with E-state index in [1.165, 1.54) is 27.4 Å². The highest BCUT2D eigenvalue weighted by atomic mass is 32.2. The number of pyridine rings is 1. The van der Waals surface area contributed by atoms with Gasteiger partial charge in [0.25, 0.3) is 11.1 Å². The van der Waals surface area contributed by atoms with Crippen LogP contribution in [-0.2, 0) is 13.6 Å². The van der Waals surface area contributed by atoms with Gasteiger partial charge in [-0.1, -0.05) is 18.2 Å². The van der Waals surface area contributed by atoms with Crippen LogP contribution in [0.1, 0.15) is 17.5 Å². The number of benzene rings is 2. The maximum absolute atomic E-state index is 14.8. The third-order valence-corrected chi connectivity index (χ3v) is 6.58. The number of hydrogen-bond acceptors (Lipinski definition) is 8. The van der Waals surface area contributed by atoms with Gasteiger partial charge in [-0.2, -0.15) is 5.10 Å². The van der Waals surface area contributed by atoms with Gasteiger partial charge in [-0.25, -0.2) is 13.8 Å². The van der Waals surface area contributed by atoms with Crippen LogP contribution in [0.25, 0.3) is 22.2 Å². The molecular weight excluding hydrogens is 495 g/mol. The minimum atomic E-state index is -0.496.